The summed E-state index contributed by atoms with van der Waals surface area (Å²) in [5.41, 5.74) is 1.94. The summed E-state index contributed by atoms with van der Waals surface area (Å²) in [5.74, 6) is 0. The van der Waals surface area contributed by atoms with E-state index in [-0.39, 0.29) is 22.7 Å². The number of rotatable bonds is 3. The van der Waals surface area contributed by atoms with Gasteiger partial charge in [-0.15, -0.1) is 17.0 Å². The number of halogens is 1. The highest BCUT2D eigenvalue weighted by atomic mass is 79.9. The third-order valence-electron chi connectivity index (χ3n) is 3.16. The van der Waals surface area contributed by atoms with Gasteiger partial charge in [0.2, 0.25) is 0 Å². The van der Waals surface area contributed by atoms with Gasteiger partial charge in [-0.25, -0.2) is 4.99 Å². The van der Waals surface area contributed by atoms with Gasteiger partial charge in [-0.3, -0.25) is 10.1 Å². The molecule has 0 aliphatic carbocycles. The monoisotopic (exact) mass is 391 g/mol. The summed E-state index contributed by atoms with van der Waals surface area (Å²) < 4.78 is 1.95. The molecule has 0 saturated carbocycles. The molecule has 3 rings (SSSR count). The average molecular weight is 392 g/mol. The number of hydrogen-bond acceptors (Lipinski definition) is 4. The van der Waals surface area contributed by atoms with Gasteiger partial charge >= 0.3 is 0 Å². The molecular formula is C16H14BrN3O2S. The Bertz CT molecular complexity index is 870. The lowest BCUT2D eigenvalue weighted by atomic mass is 10.2. The number of aryl methyl sites for hydroxylation is 1. The maximum Gasteiger partial charge on any atom is 0.269 e. The van der Waals surface area contributed by atoms with Gasteiger partial charge in [0.1, 0.15) is 0 Å². The fraction of sp³-hybridized carbons (Fsp3) is 0.0625. The number of benzene rings is 2. The number of nitro groups is 1. The molecule has 0 bridgehead atoms. The molecule has 0 atom stereocenters. The van der Waals surface area contributed by atoms with Crippen LogP contribution < -0.4 is 4.80 Å². The van der Waals surface area contributed by atoms with Crippen molar-refractivity contribution in [2.75, 3.05) is 0 Å². The predicted molar refractivity (Wildman–Crippen MR) is 97.4 cm³/mol. The summed E-state index contributed by atoms with van der Waals surface area (Å²) in [5, 5.41) is 10.7. The van der Waals surface area contributed by atoms with Crippen LogP contribution >= 0.6 is 28.3 Å². The van der Waals surface area contributed by atoms with E-state index in [2.05, 4.69) is 4.99 Å². The summed E-state index contributed by atoms with van der Waals surface area (Å²) in [6, 6.07) is 16.3. The fourth-order valence-corrected chi connectivity index (χ4v) is 3.03. The summed E-state index contributed by atoms with van der Waals surface area (Å²) in [6.45, 7) is 0. The molecule has 0 aliphatic rings. The Morgan fingerprint density at radius 3 is 2.35 bits per heavy atom. The van der Waals surface area contributed by atoms with Crippen molar-refractivity contribution in [3.05, 3.63) is 75.7 Å². The Morgan fingerprint density at radius 2 is 1.74 bits per heavy atom. The van der Waals surface area contributed by atoms with Gasteiger partial charge in [0.25, 0.3) is 5.69 Å². The molecule has 0 fully saturated rings. The summed E-state index contributed by atoms with van der Waals surface area (Å²) in [6.07, 6.45) is 1.98. The van der Waals surface area contributed by atoms with Gasteiger partial charge in [-0.1, -0.05) is 29.5 Å². The Morgan fingerprint density at radius 1 is 1.09 bits per heavy atom. The number of nitro benzene ring substituents is 1. The first-order valence-corrected chi connectivity index (χ1v) is 7.46. The zero-order chi connectivity index (χ0) is 15.5. The number of hydrogen-bond donors (Lipinski definition) is 0. The van der Waals surface area contributed by atoms with Crippen molar-refractivity contribution >= 4 is 39.7 Å². The first-order valence-electron chi connectivity index (χ1n) is 6.64. The van der Waals surface area contributed by atoms with Crippen LogP contribution in [0.25, 0.3) is 10.4 Å². The van der Waals surface area contributed by atoms with E-state index in [1.165, 1.54) is 12.1 Å². The number of non-ortho nitro benzene ring substituents is 1. The Balaban J connectivity index is 0.00000192. The number of nitrogens with zero attached hydrogens (tertiary/aromatic N) is 3. The third-order valence-corrected chi connectivity index (χ3v) is 4.28. The van der Waals surface area contributed by atoms with Crippen molar-refractivity contribution in [2.24, 2.45) is 12.0 Å². The second-order valence-corrected chi connectivity index (χ2v) is 5.75. The highest BCUT2D eigenvalue weighted by molar-refractivity contribution is 8.93. The van der Waals surface area contributed by atoms with Crippen LogP contribution in [0.3, 0.4) is 0 Å². The fourth-order valence-electron chi connectivity index (χ4n) is 2.02. The van der Waals surface area contributed by atoms with E-state index in [9.17, 15) is 10.1 Å². The van der Waals surface area contributed by atoms with Crippen LogP contribution in [0.2, 0.25) is 0 Å². The van der Waals surface area contributed by atoms with E-state index < -0.39 is 4.92 Å². The van der Waals surface area contributed by atoms with Crippen LogP contribution in [0.1, 0.15) is 0 Å². The molecule has 0 radical (unpaired) electrons. The third kappa shape index (κ3) is 3.94. The quantitative estimate of drug-likeness (QED) is 0.488. The van der Waals surface area contributed by atoms with Crippen LogP contribution in [-0.2, 0) is 7.05 Å². The van der Waals surface area contributed by atoms with Gasteiger partial charge < -0.3 is 4.57 Å². The molecule has 0 saturated heterocycles. The minimum Gasteiger partial charge on any atom is -0.326 e. The second-order valence-electron chi connectivity index (χ2n) is 4.74. The second kappa shape index (κ2) is 7.34. The van der Waals surface area contributed by atoms with Gasteiger partial charge in [0, 0.05) is 25.4 Å². The maximum absolute atomic E-state index is 10.7. The van der Waals surface area contributed by atoms with Crippen molar-refractivity contribution in [1.82, 2.24) is 4.57 Å². The molecule has 7 heteroatoms. The molecular weight excluding hydrogens is 378 g/mol. The highest BCUT2D eigenvalue weighted by Gasteiger charge is 2.07. The first-order chi connectivity index (χ1) is 10.6. The molecule has 0 N–H and O–H groups in total. The van der Waals surface area contributed by atoms with E-state index >= 15 is 0 Å². The van der Waals surface area contributed by atoms with Crippen LogP contribution in [-0.4, -0.2) is 9.49 Å². The summed E-state index contributed by atoms with van der Waals surface area (Å²) in [7, 11) is 1.94. The van der Waals surface area contributed by atoms with Crippen LogP contribution in [0, 0.1) is 10.1 Å². The van der Waals surface area contributed by atoms with Crippen LogP contribution in [0.5, 0.6) is 0 Å². The lowest BCUT2D eigenvalue weighted by molar-refractivity contribution is -0.384. The normalized spacial score (nSPS) is 11.1. The molecule has 23 heavy (non-hydrogen) atoms. The average Bonchev–Trinajstić information content (AvgIpc) is 2.89. The summed E-state index contributed by atoms with van der Waals surface area (Å²) >= 11 is 1.55. The van der Waals surface area contributed by atoms with E-state index in [1.807, 2.05) is 48.1 Å². The zero-order valence-electron chi connectivity index (χ0n) is 12.2. The minimum atomic E-state index is -0.394. The minimum absolute atomic E-state index is 0. The standard InChI is InChI=1S/C16H13N3O2S.BrH/c1-18-11-15(12-7-9-14(10-8-12)19(20)21)22-16(18)17-13-5-3-2-4-6-13;/h2-11H,1H3;1H. The van der Waals surface area contributed by atoms with Gasteiger partial charge in [0.15, 0.2) is 4.80 Å². The Labute approximate surface area is 147 Å². The van der Waals surface area contributed by atoms with Crippen LogP contribution in [0.15, 0.2) is 65.8 Å². The van der Waals surface area contributed by atoms with E-state index in [0.717, 1.165) is 20.9 Å². The molecule has 0 amide bonds. The molecule has 3 aromatic rings. The highest BCUT2D eigenvalue weighted by Crippen LogP contribution is 2.24. The molecule has 0 unspecified atom stereocenters. The molecule has 5 nitrogen and oxygen atoms in total. The van der Waals surface area contributed by atoms with Crippen molar-refractivity contribution in [3.8, 4) is 10.4 Å². The number of para-hydroxylation sites is 1. The van der Waals surface area contributed by atoms with Crippen molar-refractivity contribution < 1.29 is 4.92 Å². The molecule has 0 spiro atoms. The van der Waals surface area contributed by atoms with Crippen molar-refractivity contribution in [3.63, 3.8) is 0 Å². The van der Waals surface area contributed by atoms with Gasteiger partial charge in [-0.05, 0) is 29.8 Å². The Hall–Kier alpha value is -2.25. The van der Waals surface area contributed by atoms with E-state index in [4.69, 9.17) is 0 Å². The largest absolute Gasteiger partial charge is 0.326 e. The van der Waals surface area contributed by atoms with Crippen molar-refractivity contribution in [1.29, 1.82) is 0 Å². The smallest absolute Gasteiger partial charge is 0.269 e. The molecule has 1 aromatic heterocycles. The van der Waals surface area contributed by atoms with E-state index in [0.29, 0.717) is 0 Å². The molecule has 2 aromatic carbocycles. The lowest BCUT2D eigenvalue weighted by Crippen LogP contribution is -2.07. The van der Waals surface area contributed by atoms with Gasteiger partial charge in [-0.2, -0.15) is 0 Å². The SMILES string of the molecule is Br.Cn1cc(-c2ccc([N+](=O)[O-])cc2)sc1=Nc1ccccc1. The van der Waals surface area contributed by atoms with Crippen molar-refractivity contribution in [2.45, 2.75) is 0 Å². The Kier molecular flexibility index (Phi) is 5.46. The molecule has 1 heterocycles. The van der Waals surface area contributed by atoms with Crippen LogP contribution in [0.4, 0.5) is 11.4 Å². The number of aromatic nitrogens is 1. The first kappa shape index (κ1) is 17.1. The lowest BCUT2D eigenvalue weighted by Gasteiger charge is -1.95. The molecule has 0 aliphatic heterocycles. The van der Waals surface area contributed by atoms with Gasteiger partial charge in [0.05, 0.1) is 15.5 Å². The zero-order valence-corrected chi connectivity index (χ0v) is 14.8. The summed E-state index contributed by atoms with van der Waals surface area (Å²) in [4.78, 5) is 16.8. The molecule has 118 valence electrons. The predicted octanol–water partition coefficient (Wildman–Crippen LogP) is 4.47. The maximum atomic E-state index is 10.7. The number of thiazole rings is 1. The topological polar surface area (TPSA) is 60.4 Å². The van der Waals surface area contributed by atoms with E-state index in [1.54, 1.807) is 23.5 Å².